The number of fused-ring (bicyclic) bond motifs is 1. The lowest BCUT2D eigenvalue weighted by Crippen LogP contribution is -2.42. The SMILES string of the molecule is CS(=O)(=O)N1CCCC(CN2Cc3ccc(N)cc3C2)C1. The Morgan fingerprint density at radius 1 is 1.29 bits per heavy atom. The van der Waals surface area contributed by atoms with Crippen molar-refractivity contribution in [2.45, 2.75) is 25.9 Å². The van der Waals surface area contributed by atoms with Crippen LogP contribution in [0.3, 0.4) is 0 Å². The minimum absolute atomic E-state index is 0.431. The number of sulfonamides is 1. The number of nitrogens with zero attached hydrogens (tertiary/aromatic N) is 2. The zero-order valence-electron chi connectivity index (χ0n) is 12.5. The molecule has 2 aliphatic rings. The third kappa shape index (κ3) is 3.39. The molecule has 3 rings (SSSR count). The number of anilines is 1. The second-order valence-corrected chi connectivity index (χ2v) is 8.31. The number of nitrogen functional groups attached to an aromatic ring is 1. The molecule has 2 aliphatic heterocycles. The van der Waals surface area contributed by atoms with Crippen molar-refractivity contribution in [2.24, 2.45) is 5.92 Å². The van der Waals surface area contributed by atoms with Crippen LogP contribution in [0, 0.1) is 5.92 Å². The number of hydrogen-bond donors (Lipinski definition) is 1. The minimum atomic E-state index is -3.05. The van der Waals surface area contributed by atoms with Gasteiger partial charge in [0.2, 0.25) is 10.0 Å². The molecule has 2 heterocycles. The summed E-state index contributed by atoms with van der Waals surface area (Å²) in [5.74, 6) is 0.431. The second kappa shape index (κ2) is 5.59. The van der Waals surface area contributed by atoms with Gasteiger partial charge in [0.05, 0.1) is 6.26 Å². The normalized spacial score (nSPS) is 24.1. The van der Waals surface area contributed by atoms with Crippen molar-refractivity contribution in [3.8, 4) is 0 Å². The smallest absolute Gasteiger partial charge is 0.211 e. The molecule has 0 saturated carbocycles. The van der Waals surface area contributed by atoms with Gasteiger partial charge in [-0.05, 0) is 42.0 Å². The van der Waals surface area contributed by atoms with Crippen LogP contribution < -0.4 is 5.73 Å². The zero-order chi connectivity index (χ0) is 15.0. The summed E-state index contributed by atoms with van der Waals surface area (Å²) in [6, 6.07) is 6.11. The van der Waals surface area contributed by atoms with E-state index in [4.69, 9.17) is 5.73 Å². The highest BCUT2D eigenvalue weighted by atomic mass is 32.2. The summed E-state index contributed by atoms with van der Waals surface area (Å²) in [7, 11) is -3.05. The van der Waals surface area contributed by atoms with Gasteiger partial charge in [0, 0.05) is 38.4 Å². The predicted molar refractivity (Wildman–Crippen MR) is 84.1 cm³/mol. The van der Waals surface area contributed by atoms with Crippen molar-refractivity contribution in [3.05, 3.63) is 29.3 Å². The van der Waals surface area contributed by atoms with Crippen LogP contribution in [0.15, 0.2) is 18.2 Å². The van der Waals surface area contributed by atoms with Crippen LogP contribution in [0.1, 0.15) is 24.0 Å². The standard InChI is InChI=1S/C15H23N3O2S/c1-21(19,20)18-6-2-3-12(9-18)8-17-10-13-4-5-15(16)7-14(13)11-17/h4-5,7,12H,2-3,6,8-11,16H2,1H3. The van der Waals surface area contributed by atoms with E-state index in [0.717, 1.165) is 38.2 Å². The quantitative estimate of drug-likeness (QED) is 0.854. The monoisotopic (exact) mass is 309 g/mol. The van der Waals surface area contributed by atoms with Gasteiger partial charge in [-0.3, -0.25) is 4.90 Å². The van der Waals surface area contributed by atoms with E-state index >= 15 is 0 Å². The number of nitrogens with two attached hydrogens (primary N) is 1. The minimum Gasteiger partial charge on any atom is -0.399 e. The fourth-order valence-corrected chi connectivity index (χ4v) is 4.40. The largest absolute Gasteiger partial charge is 0.399 e. The molecule has 0 aliphatic carbocycles. The Labute approximate surface area is 126 Å². The molecule has 21 heavy (non-hydrogen) atoms. The molecule has 0 spiro atoms. The van der Waals surface area contributed by atoms with Gasteiger partial charge < -0.3 is 5.73 Å². The highest BCUT2D eigenvalue weighted by molar-refractivity contribution is 7.88. The van der Waals surface area contributed by atoms with Crippen molar-refractivity contribution in [3.63, 3.8) is 0 Å². The van der Waals surface area contributed by atoms with Crippen LogP contribution in [0.2, 0.25) is 0 Å². The summed E-state index contributed by atoms with van der Waals surface area (Å²) in [4.78, 5) is 2.40. The molecule has 6 heteroatoms. The van der Waals surface area contributed by atoms with Gasteiger partial charge in [0.25, 0.3) is 0 Å². The molecule has 1 unspecified atom stereocenters. The van der Waals surface area contributed by atoms with Crippen LogP contribution in [0.5, 0.6) is 0 Å². The number of hydrogen-bond acceptors (Lipinski definition) is 4. The molecule has 116 valence electrons. The third-order valence-corrected chi connectivity index (χ3v) is 5.76. The Morgan fingerprint density at radius 3 is 2.81 bits per heavy atom. The summed E-state index contributed by atoms with van der Waals surface area (Å²) >= 11 is 0. The van der Waals surface area contributed by atoms with Crippen LogP contribution in [0.25, 0.3) is 0 Å². The van der Waals surface area contributed by atoms with Gasteiger partial charge in [-0.2, -0.15) is 0 Å². The van der Waals surface area contributed by atoms with E-state index in [-0.39, 0.29) is 0 Å². The molecule has 0 aromatic heterocycles. The molecule has 0 radical (unpaired) electrons. The third-order valence-electron chi connectivity index (χ3n) is 4.49. The van der Waals surface area contributed by atoms with Gasteiger partial charge >= 0.3 is 0 Å². The average Bonchev–Trinajstić information content (AvgIpc) is 2.79. The predicted octanol–water partition coefficient (Wildman–Crippen LogP) is 1.26. The molecule has 1 fully saturated rings. The Bertz CT molecular complexity index is 630. The Balaban J connectivity index is 1.61. The average molecular weight is 309 g/mol. The lowest BCUT2D eigenvalue weighted by atomic mass is 9.99. The lowest BCUT2D eigenvalue weighted by molar-refractivity contribution is 0.179. The van der Waals surface area contributed by atoms with Gasteiger partial charge in [0.15, 0.2) is 0 Å². The van der Waals surface area contributed by atoms with Crippen molar-refractivity contribution < 1.29 is 8.42 Å². The molecule has 1 aromatic carbocycles. The summed E-state index contributed by atoms with van der Waals surface area (Å²) in [6.07, 6.45) is 3.39. The maximum absolute atomic E-state index is 11.7. The van der Waals surface area contributed by atoms with Gasteiger partial charge in [-0.15, -0.1) is 0 Å². The van der Waals surface area contributed by atoms with Crippen LogP contribution in [-0.2, 0) is 23.1 Å². The van der Waals surface area contributed by atoms with Gasteiger partial charge in [-0.1, -0.05) is 6.07 Å². The van der Waals surface area contributed by atoms with Crippen LogP contribution >= 0.6 is 0 Å². The lowest BCUT2D eigenvalue weighted by Gasteiger charge is -2.33. The maximum atomic E-state index is 11.7. The Hall–Kier alpha value is -1.11. The van der Waals surface area contributed by atoms with E-state index in [2.05, 4.69) is 17.0 Å². The van der Waals surface area contributed by atoms with Crippen LogP contribution in [-0.4, -0.2) is 43.5 Å². The van der Waals surface area contributed by atoms with Crippen molar-refractivity contribution in [1.29, 1.82) is 0 Å². The molecule has 0 amide bonds. The first-order chi connectivity index (χ1) is 9.91. The fourth-order valence-electron chi connectivity index (χ4n) is 3.46. The van der Waals surface area contributed by atoms with E-state index in [1.54, 1.807) is 4.31 Å². The summed E-state index contributed by atoms with van der Waals surface area (Å²) in [5, 5.41) is 0. The molecule has 1 atom stereocenters. The van der Waals surface area contributed by atoms with Crippen molar-refractivity contribution in [2.75, 3.05) is 31.6 Å². The van der Waals surface area contributed by atoms with E-state index < -0.39 is 10.0 Å². The highest BCUT2D eigenvalue weighted by Crippen LogP contribution is 2.27. The number of benzene rings is 1. The first kappa shape index (κ1) is 14.8. The molecular weight excluding hydrogens is 286 g/mol. The van der Waals surface area contributed by atoms with E-state index in [1.807, 2.05) is 6.07 Å². The molecule has 5 nitrogen and oxygen atoms in total. The molecule has 0 bridgehead atoms. The van der Waals surface area contributed by atoms with Gasteiger partial charge in [-0.25, -0.2) is 12.7 Å². The Morgan fingerprint density at radius 2 is 2.05 bits per heavy atom. The highest BCUT2D eigenvalue weighted by Gasteiger charge is 2.28. The van der Waals surface area contributed by atoms with E-state index in [0.29, 0.717) is 19.0 Å². The number of piperidine rings is 1. The first-order valence-corrected chi connectivity index (χ1v) is 9.31. The van der Waals surface area contributed by atoms with Crippen LogP contribution in [0.4, 0.5) is 5.69 Å². The molecule has 2 N–H and O–H groups in total. The summed E-state index contributed by atoms with van der Waals surface area (Å²) < 4.78 is 25.0. The summed E-state index contributed by atoms with van der Waals surface area (Å²) in [6.45, 7) is 4.17. The first-order valence-electron chi connectivity index (χ1n) is 7.46. The second-order valence-electron chi connectivity index (χ2n) is 6.33. The van der Waals surface area contributed by atoms with E-state index in [1.165, 1.54) is 17.4 Å². The number of rotatable bonds is 3. The topological polar surface area (TPSA) is 66.6 Å². The van der Waals surface area contributed by atoms with E-state index in [9.17, 15) is 8.42 Å². The fraction of sp³-hybridized carbons (Fsp3) is 0.600. The Kier molecular flexibility index (Phi) is 3.94. The van der Waals surface area contributed by atoms with Crippen molar-refractivity contribution >= 4 is 15.7 Å². The van der Waals surface area contributed by atoms with Gasteiger partial charge in [0.1, 0.15) is 0 Å². The molecular formula is C15H23N3O2S. The molecule has 1 saturated heterocycles. The summed E-state index contributed by atoms with van der Waals surface area (Å²) in [5.41, 5.74) is 9.31. The maximum Gasteiger partial charge on any atom is 0.211 e. The molecule has 1 aromatic rings. The zero-order valence-corrected chi connectivity index (χ0v) is 13.3. The van der Waals surface area contributed by atoms with Crippen molar-refractivity contribution in [1.82, 2.24) is 9.21 Å².